The van der Waals surface area contributed by atoms with Gasteiger partial charge in [0.1, 0.15) is 0 Å². The van der Waals surface area contributed by atoms with Gasteiger partial charge in [-0.05, 0) is 25.0 Å². The van der Waals surface area contributed by atoms with Crippen LogP contribution in [0.2, 0.25) is 0 Å². The average Bonchev–Trinajstić information content (AvgIpc) is 2.26. The fourth-order valence-corrected chi connectivity index (χ4v) is 2.33. The molecule has 1 saturated carbocycles. The van der Waals surface area contributed by atoms with Gasteiger partial charge in [0, 0.05) is 5.39 Å². The Labute approximate surface area is 93.9 Å². The minimum Gasteiger partial charge on any atom is -0.393 e. The summed E-state index contributed by atoms with van der Waals surface area (Å²) in [5, 5.41) is 10.5. The van der Waals surface area contributed by atoms with E-state index < -0.39 is 5.54 Å². The van der Waals surface area contributed by atoms with E-state index in [1.807, 2.05) is 36.4 Å². The maximum Gasteiger partial charge on any atom is 0.0706 e. The van der Waals surface area contributed by atoms with Gasteiger partial charge < -0.3 is 10.8 Å². The summed E-state index contributed by atoms with van der Waals surface area (Å²) in [6.07, 6.45) is 0.953. The van der Waals surface area contributed by atoms with Gasteiger partial charge in [0.15, 0.2) is 0 Å². The van der Waals surface area contributed by atoms with Crippen LogP contribution in [0.15, 0.2) is 36.4 Å². The highest BCUT2D eigenvalue weighted by Gasteiger charge is 2.42. The summed E-state index contributed by atoms with van der Waals surface area (Å²) in [6.45, 7) is 0. The van der Waals surface area contributed by atoms with E-state index in [9.17, 15) is 5.11 Å². The van der Waals surface area contributed by atoms with Crippen molar-refractivity contribution in [3.8, 4) is 0 Å². The predicted octanol–water partition coefficient (Wildman–Crippen LogP) is 1.54. The molecule has 0 atom stereocenters. The van der Waals surface area contributed by atoms with Crippen LogP contribution in [0.5, 0.6) is 0 Å². The normalized spacial score (nSPS) is 29.0. The number of aromatic nitrogens is 1. The first kappa shape index (κ1) is 9.75. The Morgan fingerprint density at radius 3 is 2.69 bits per heavy atom. The third-order valence-corrected chi connectivity index (χ3v) is 3.31. The molecule has 0 amide bonds. The minimum absolute atomic E-state index is 0.265. The molecule has 3 nitrogen and oxygen atoms in total. The number of rotatable bonds is 1. The van der Waals surface area contributed by atoms with Crippen LogP contribution in [0.3, 0.4) is 0 Å². The fourth-order valence-electron chi connectivity index (χ4n) is 2.33. The SMILES string of the molecule is NC1(c2ccc3ccccc3n2)CC(O)C1. The molecule has 0 radical (unpaired) electrons. The van der Waals surface area contributed by atoms with Crippen LogP contribution in [0.1, 0.15) is 18.5 Å². The molecular weight excluding hydrogens is 200 g/mol. The molecule has 1 fully saturated rings. The molecule has 0 unspecified atom stereocenters. The molecule has 1 aliphatic carbocycles. The number of nitrogens with two attached hydrogens (primary N) is 1. The zero-order valence-electron chi connectivity index (χ0n) is 8.93. The van der Waals surface area contributed by atoms with E-state index in [-0.39, 0.29) is 6.10 Å². The second-order valence-electron chi connectivity index (χ2n) is 4.61. The monoisotopic (exact) mass is 214 g/mol. The number of pyridine rings is 1. The molecule has 0 aliphatic heterocycles. The minimum atomic E-state index is -0.427. The molecule has 3 N–H and O–H groups in total. The Morgan fingerprint density at radius 2 is 1.94 bits per heavy atom. The molecule has 3 heteroatoms. The van der Waals surface area contributed by atoms with Crippen LogP contribution >= 0.6 is 0 Å². The Balaban J connectivity index is 2.06. The highest BCUT2D eigenvalue weighted by Crippen LogP contribution is 2.38. The van der Waals surface area contributed by atoms with Gasteiger partial charge >= 0.3 is 0 Å². The third-order valence-electron chi connectivity index (χ3n) is 3.31. The quantitative estimate of drug-likeness (QED) is 0.757. The van der Waals surface area contributed by atoms with Gasteiger partial charge in [-0.15, -0.1) is 0 Å². The number of hydrogen-bond acceptors (Lipinski definition) is 3. The van der Waals surface area contributed by atoms with E-state index in [1.54, 1.807) is 0 Å². The summed E-state index contributed by atoms with van der Waals surface area (Å²) in [7, 11) is 0. The summed E-state index contributed by atoms with van der Waals surface area (Å²) in [6, 6.07) is 12.0. The van der Waals surface area contributed by atoms with Crippen molar-refractivity contribution in [1.82, 2.24) is 4.98 Å². The third kappa shape index (κ3) is 1.40. The number of fused-ring (bicyclic) bond motifs is 1. The van der Waals surface area contributed by atoms with Crippen LogP contribution in [0, 0.1) is 0 Å². The number of aliphatic hydroxyl groups excluding tert-OH is 1. The highest BCUT2D eigenvalue weighted by atomic mass is 16.3. The molecular formula is C13H14N2O. The Hall–Kier alpha value is -1.45. The average molecular weight is 214 g/mol. The van der Waals surface area contributed by atoms with E-state index in [4.69, 9.17) is 5.73 Å². The molecule has 1 aromatic heterocycles. The lowest BCUT2D eigenvalue weighted by molar-refractivity contribution is 0.0190. The maximum atomic E-state index is 9.35. The number of benzene rings is 1. The molecule has 82 valence electrons. The van der Waals surface area contributed by atoms with Crippen LogP contribution in [0.4, 0.5) is 0 Å². The fraction of sp³-hybridized carbons (Fsp3) is 0.308. The molecule has 3 rings (SSSR count). The van der Waals surface area contributed by atoms with Crippen molar-refractivity contribution >= 4 is 10.9 Å². The highest BCUT2D eigenvalue weighted by molar-refractivity contribution is 5.78. The number of para-hydroxylation sites is 1. The number of nitrogens with zero attached hydrogens (tertiary/aromatic N) is 1. The summed E-state index contributed by atoms with van der Waals surface area (Å²) >= 11 is 0. The summed E-state index contributed by atoms with van der Waals surface area (Å²) in [5.41, 5.74) is 7.61. The second kappa shape index (κ2) is 3.27. The molecule has 1 aliphatic rings. The summed E-state index contributed by atoms with van der Waals surface area (Å²) in [4.78, 5) is 4.57. The van der Waals surface area contributed by atoms with Gasteiger partial charge in [-0.2, -0.15) is 0 Å². The van der Waals surface area contributed by atoms with E-state index in [1.165, 1.54) is 0 Å². The van der Waals surface area contributed by atoms with Gasteiger partial charge in [0.2, 0.25) is 0 Å². The molecule has 2 aromatic rings. The largest absolute Gasteiger partial charge is 0.393 e. The molecule has 0 spiro atoms. The van der Waals surface area contributed by atoms with Crippen molar-refractivity contribution in [2.75, 3.05) is 0 Å². The molecule has 16 heavy (non-hydrogen) atoms. The topological polar surface area (TPSA) is 59.1 Å². The molecule has 1 aromatic carbocycles. The smallest absolute Gasteiger partial charge is 0.0706 e. The Kier molecular flexibility index (Phi) is 1.99. The van der Waals surface area contributed by atoms with E-state index in [0.717, 1.165) is 16.6 Å². The maximum absolute atomic E-state index is 9.35. The zero-order valence-corrected chi connectivity index (χ0v) is 8.93. The Bertz CT molecular complexity index is 532. The van der Waals surface area contributed by atoms with Crippen LogP contribution < -0.4 is 5.73 Å². The lowest BCUT2D eigenvalue weighted by Crippen LogP contribution is -2.52. The van der Waals surface area contributed by atoms with Crippen LogP contribution in [0.25, 0.3) is 10.9 Å². The number of hydrogen-bond donors (Lipinski definition) is 2. The molecule has 1 heterocycles. The zero-order chi connectivity index (χ0) is 11.2. The molecule has 0 saturated heterocycles. The van der Waals surface area contributed by atoms with Gasteiger partial charge in [-0.1, -0.05) is 24.3 Å². The summed E-state index contributed by atoms with van der Waals surface area (Å²) < 4.78 is 0. The summed E-state index contributed by atoms with van der Waals surface area (Å²) in [5.74, 6) is 0. The van der Waals surface area contributed by atoms with E-state index in [0.29, 0.717) is 12.8 Å². The first-order valence-electron chi connectivity index (χ1n) is 5.51. The lowest BCUT2D eigenvalue weighted by Gasteiger charge is -2.41. The molecule has 0 bridgehead atoms. The second-order valence-corrected chi connectivity index (χ2v) is 4.61. The standard InChI is InChI=1S/C13H14N2O/c14-13(7-10(16)8-13)12-6-5-9-3-1-2-4-11(9)15-12/h1-6,10,16H,7-8,14H2. The van der Waals surface area contributed by atoms with Gasteiger partial charge in [-0.3, -0.25) is 4.98 Å². The Morgan fingerprint density at radius 1 is 1.19 bits per heavy atom. The number of aliphatic hydroxyl groups is 1. The first-order valence-corrected chi connectivity index (χ1v) is 5.51. The van der Waals surface area contributed by atoms with Crippen LogP contribution in [-0.2, 0) is 5.54 Å². The first-order chi connectivity index (χ1) is 7.67. The van der Waals surface area contributed by atoms with Gasteiger partial charge in [0.25, 0.3) is 0 Å². The van der Waals surface area contributed by atoms with Crippen molar-refractivity contribution in [2.45, 2.75) is 24.5 Å². The van der Waals surface area contributed by atoms with Gasteiger partial charge in [0.05, 0.1) is 22.9 Å². The van der Waals surface area contributed by atoms with E-state index in [2.05, 4.69) is 4.98 Å². The van der Waals surface area contributed by atoms with Crippen molar-refractivity contribution < 1.29 is 5.11 Å². The predicted molar refractivity (Wildman–Crippen MR) is 62.8 cm³/mol. The lowest BCUT2D eigenvalue weighted by atomic mass is 9.72. The van der Waals surface area contributed by atoms with Gasteiger partial charge in [-0.25, -0.2) is 0 Å². The van der Waals surface area contributed by atoms with Crippen molar-refractivity contribution in [2.24, 2.45) is 5.73 Å². The van der Waals surface area contributed by atoms with Crippen molar-refractivity contribution in [3.05, 3.63) is 42.1 Å². The van der Waals surface area contributed by atoms with Crippen molar-refractivity contribution in [1.29, 1.82) is 0 Å². The van der Waals surface area contributed by atoms with E-state index >= 15 is 0 Å². The van der Waals surface area contributed by atoms with Crippen molar-refractivity contribution in [3.63, 3.8) is 0 Å². The van der Waals surface area contributed by atoms with Crippen LogP contribution in [-0.4, -0.2) is 16.2 Å².